The van der Waals surface area contributed by atoms with Gasteiger partial charge in [0.15, 0.2) is 0 Å². The molecule has 0 aromatic heterocycles. The summed E-state index contributed by atoms with van der Waals surface area (Å²) in [4.78, 5) is 12.9. The highest BCUT2D eigenvalue weighted by molar-refractivity contribution is 5.70. The Bertz CT molecular complexity index is 495. The van der Waals surface area contributed by atoms with Crippen LogP contribution in [0.25, 0.3) is 0 Å². The number of aliphatic carboxylic acids is 1. The first-order valence-electron chi connectivity index (χ1n) is 6.54. The Labute approximate surface area is 120 Å². The van der Waals surface area contributed by atoms with Gasteiger partial charge in [0.1, 0.15) is 5.75 Å². The van der Waals surface area contributed by atoms with E-state index < -0.39 is 12.3 Å². The van der Waals surface area contributed by atoms with E-state index in [1.807, 2.05) is 0 Å². The number of hydrogen-bond donors (Lipinski definition) is 1. The van der Waals surface area contributed by atoms with Gasteiger partial charge in [-0.05, 0) is 23.6 Å². The first kappa shape index (κ1) is 15.6. The van der Waals surface area contributed by atoms with Crippen LogP contribution in [0.3, 0.4) is 0 Å². The Balaban J connectivity index is 1.82. The van der Waals surface area contributed by atoms with Gasteiger partial charge in [0.2, 0.25) is 0 Å². The summed E-state index contributed by atoms with van der Waals surface area (Å²) in [7, 11) is 0. The number of benzene rings is 1. The van der Waals surface area contributed by atoms with Crippen LogP contribution in [0.15, 0.2) is 24.3 Å². The number of rotatable bonds is 5. The van der Waals surface area contributed by atoms with E-state index in [4.69, 9.17) is 5.11 Å². The molecule has 0 radical (unpaired) electrons. The van der Waals surface area contributed by atoms with E-state index in [2.05, 4.69) is 9.64 Å². The Morgan fingerprint density at radius 3 is 2.43 bits per heavy atom. The van der Waals surface area contributed by atoms with E-state index in [1.54, 1.807) is 19.1 Å². The molecule has 0 amide bonds. The normalized spacial score (nSPS) is 18.1. The SMILES string of the molecule is CC(C(=O)O)C1CN(Cc2ccc(OC(F)(F)F)cc2)C1. The lowest BCUT2D eigenvalue weighted by atomic mass is 9.87. The van der Waals surface area contributed by atoms with Crippen LogP contribution in [0.2, 0.25) is 0 Å². The number of nitrogens with zero attached hydrogens (tertiary/aromatic N) is 1. The van der Waals surface area contributed by atoms with Crippen LogP contribution in [-0.4, -0.2) is 35.4 Å². The molecule has 0 saturated carbocycles. The smallest absolute Gasteiger partial charge is 0.481 e. The molecule has 21 heavy (non-hydrogen) atoms. The van der Waals surface area contributed by atoms with Gasteiger partial charge >= 0.3 is 12.3 Å². The summed E-state index contributed by atoms with van der Waals surface area (Å²) < 4.78 is 39.9. The second-order valence-corrected chi connectivity index (χ2v) is 5.27. The lowest BCUT2D eigenvalue weighted by Crippen LogP contribution is -2.50. The van der Waals surface area contributed by atoms with Crippen LogP contribution < -0.4 is 4.74 Å². The number of likely N-dealkylation sites (tertiary alicyclic amines) is 1. The molecule has 1 aliphatic heterocycles. The van der Waals surface area contributed by atoms with Crippen molar-refractivity contribution in [2.45, 2.75) is 19.8 Å². The zero-order valence-corrected chi connectivity index (χ0v) is 11.4. The number of alkyl halides is 3. The van der Waals surface area contributed by atoms with Crippen LogP contribution >= 0.6 is 0 Å². The standard InChI is InChI=1S/C14H16F3NO3/c1-9(13(19)20)11-7-18(8-11)6-10-2-4-12(5-3-10)21-14(15,16)17/h2-5,9,11H,6-8H2,1H3,(H,19,20). The van der Waals surface area contributed by atoms with Gasteiger partial charge in [0.25, 0.3) is 0 Å². The largest absolute Gasteiger partial charge is 0.573 e. The van der Waals surface area contributed by atoms with Crippen molar-refractivity contribution in [2.75, 3.05) is 13.1 Å². The van der Waals surface area contributed by atoms with Crippen molar-refractivity contribution in [3.8, 4) is 5.75 Å². The molecule has 1 aromatic rings. The average molecular weight is 303 g/mol. The topological polar surface area (TPSA) is 49.8 Å². The third kappa shape index (κ3) is 4.35. The fourth-order valence-corrected chi connectivity index (χ4v) is 2.31. The summed E-state index contributed by atoms with van der Waals surface area (Å²) >= 11 is 0. The van der Waals surface area contributed by atoms with E-state index in [1.165, 1.54) is 12.1 Å². The summed E-state index contributed by atoms with van der Waals surface area (Å²) in [5.41, 5.74) is 0.867. The average Bonchev–Trinajstić information content (AvgIpc) is 2.32. The monoisotopic (exact) mass is 303 g/mol. The van der Waals surface area contributed by atoms with Crippen molar-refractivity contribution in [3.63, 3.8) is 0 Å². The van der Waals surface area contributed by atoms with Gasteiger partial charge in [-0.15, -0.1) is 13.2 Å². The Hall–Kier alpha value is -1.76. The van der Waals surface area contributed by atoms with E-state index in [0.29, 0.717) is 19.6 Å². The van der Waals surface area contributed by atoms with E-state index in [9.17, 15) is 18.0 Å². The number of halogens is 3. The van der Waals surface area contributed by atoms with Gasteiger partial charge < -0.3 is 9.84 Å². The number of carbonyl (C=O) groups is 1. The van der Waals surface area contributed by atoms with E-state index >= 15 is 0 Å². The van der Waals surface area contributed by atoms with Crippen LogP contribution in [0.4, 0.5) is 13.2 Å². The summed E-state index contributed by atoms with van der Waals surface area (Å²) in [6.45, 7) is 3.66. The highest BCUT2D eigenvalue weighted by Gasteiger charge is 2.34. The molecule has 0 spiro atoms. The fraction of sp³-hybridized carbons (Fsp3) is 0.500. The lowest BCUT2D eigenvalue weighted by molar-refractivity contribution is -0.274. The molecular formula is C14H16F3NO3. The molecule has 2 rings (SSSR count). The van der Waals surface area contributed by atoms with Crippen molar-refractivity contribution in [2.24, 2.45) is 11.8 Å². The van der Waals surface area contributed by atoms with Crippen molar-refractivity contribution >= 4 is 5.97 Å². The van der Waals surface area contributed by atoms with Gasteiger partial charge in [-0.2, -0.15) is 0 Å². The number of ether oxygens (including phenoxy) is 1. The predicted octanol–water partition coefficient (Wildman–Crippen LogP) is 2.74. The maximum absolute atomic E-state index is 12.0. The molecule has 1 aromatic carbocycles. The lowest BCUT2D eigenvalue weighted by Gasteiger charge is -2.41. The predicted molar refractivity (Wildman–Crippen MR) is 68.7 cm³/mol. The van der Waals surface area contributed by atoms with Crippen molar-refractivity contribution in [3.05, 3.63) is 29.8 Å². The highest BCUT2D eigenvalue weighted by Crippen LogP contribution is 2.27. The van der Waals surface area contributed by atoms with Gasteiger partial charge in [-0.1, -0.05) is 19.1 Å². The molecule has 1 heterocycles. The van der Waals surface area contributed by atoms with E-state index in [0.717, 1.165) is 5.56 Å². The van der Waals surface area contributed by atoms with Gasteiger partial charge in [-0.3, -0.25) is 9.69 Å². The van der Waals surface area contributed by atoms with Gasteiger partial charge in [0, 0.05) is 19.6 Å². The number of carboxylic acids is 1. The first-order chi connectivity index (χ1) is 9.74. The van der Waals surface area contributed by atoms with Crippen molar-refractivity contribution in [1.82, 2.24) is 4.90 Å². The first-order valence-corrected chi connectivity index (χ1v) is 6.54. The zero-order chi connectivity index (χ0) is 15.6. The molecule has 0 aliphatic carbocycles. The second-order valence-electron chi connectivity index (χ2n) is 5.27. The minimum absolute atomic E-state index is 0.135. The maximum atomic E-state index is 12.0. The highest BCUT2D eigenvalue weighted by atomic mass is 19.4. The van der Waals surface area contributed by atoms with Crippen LogP contribution in [-0.2, 0) is 11.3 Å². The molecule has 0 bridgehead atoms. The summed E-state index contributed by atoms with van der Waals surface area (Å²) in [6, 6.07) is 5.71. The van der Waals surface area contributed by atoms with Crippen LogP contribution in [0.5, 0.6) is 5.75 Å². The quantitative estimate of drug-likeness (QED) is 0.908. The second kappa shape index (κ2) is 5.93. The molecule has 4 nitrogen and oxygen atoms in total. The maximum Gasteiger partial charge on any atom is 0.573 e. The Morgan fingerprint density at radius 2 is 1.95 bits per heavy atom. The third-order valence-electron chi connectivity index (χ3n) is 3.65. The zero-order valence-electron chi connectivity index (χ0n) is 11.4. The number of hydrogen-bond acceptors (Lipinski definition) is 3. The third-order valence-corrected chi connectivity index (χ3v) is 3.65. The number of carboxylic acid groups (broad SMARTS) is 1. The minimum atomic E-state index is -4.68. The van der Waals surface area contributed by atoms with E-state index in [-0.39, 0.29) is 17.6 Å². The van der Waals surface area contributed by atoms with Crippen molar-refractivity contribution in [1.29, 1.82) is 0 Å². The molecule has 7 heteroatoms. The van der Waals surface area contributed by atoms with Gasteiger partial charge in [-0.25, -0.2) is 0 Å². The van der Waals surface area contributed by atoms with Crippen LogP contribution in [0, 0.1) is 11.8 Å². The van der Waals surface area contributed by atoms with Crippen molar-refractivity contribution < 1.29 is 27.8 Å². The molecule has 1 aliphatic rings. The molecule has 1 unspecified atom stereocenters. The molecule has 116 valence electrons. The molecule has 1 N–H and O–H groups in total. The molecular weight excluding hydrogens is 287 g/mol. The molecule has 1 saturated heterocycles. The van der Waals surface area contributed by atoms with Gasteiger partial charge in [0.05, 0.1) is 5.92 Å². The molecule has 1 atom stereocenters. The fourth-order valence-electron chi connectivity index (χ4n) is 2.31. The summed E-state index contributed by atoms with van der Waals surface area (Å²) in [5, 5.41) is 8.89. The Morgan fingerprint density at radius 1 is 1.38 bits per heavy atom. The minimum Gasteiger partial charge on any atom is -0.481 e. The van der Waals surface area contributed by atoms with Crippen LogP contribution in [0.1, 0.15) is 12.5 Å². The summed E-state index contributed by atoms with van der Waals surface area (Å²) in [5.74, 6) is -1.28. The molecule has 1 fully saturated rings. The summed E-state index contributed by atoms with van der Waals surface area (Å²) in [6.07, 6.45) is -4.68. The Kier molecular flexibility index (Phi) is 4.41.